The average Bonchev–Trinajstić information content (AvgIpc) is 2.07. The summed E-state index contributed by atoms with van der Waals surface area (Å²) in [5.74, 6) is 0. The summed E-state index contributed by atoms with van der Waals surface area (Å²) in [5, 5.41) is 2.01. The van der Waals surface area contributed by atoms with Crippen LogP contribution in [0.2, 0.25) is 0 Å². The third-order valence-electron chi connectivity index (χ3n) is 1.18. The van der Waals surface area contributed by atoms with Crippen LogP contribution in [0.3, 0.4) is 0 Å². The second-order valence-corrected chi connectivity index (χ2v) is 3.02. The Bertz CT molecular complexity index is 218. The smallest absolute Gasteiger partial charge is 0.0116 e. The molecule has 1 rings (SSSR count). The van der Waals surface area contributed by atoms with Crippen LogP contribution < -0.4 is 5.73 Å². The molecule has 0 fully saturated rings. The maximum atomic E-state index is 5.29. The predicted molar refractivity (Wildman–Crippen MR) is 50.5 cm³/mol. The standard InChI is InChI=1S/C9H11NS/c10-7-4-8-11-9-5-2-1-3-6-9/h1-6,8H,7,10H2. The molecule has 1 aromatic carbocycles. The fourth-order valence-electron chi connectivity index (χ4n) is 0.681. The molecule has 2 heteroatoms. The number of rotatable bonds is 3. The zero-order valence-electron chi connectivity index (χ0n) is 6.23. The minimum atomic E-state index is 0.611. The number of benzene rings is 1. The van der Waals surface area contributed by atoms with Crippen molar-refractivity contribution >= 4 is 11.8 Å². The molecule has 2 N–H and O–H groups in total. The van der Waals surface area contributed by atoms with E-state index < -0.39 is 0 Å². The van der Waals surface area contributed by atoms with Crippen molar-refractivity contribution in [3.8, 4) is 0 Å². The quantitative estimate of drug-likeness (QED) is 0.695. The predicted octanol–water partition coefficient (Wildman–Crippen LogP) is 2.25. The van der Waals surface area contributed by atoms with Crippen molar-refractivity contribution in [3.63, 3.8) is 0 Å². The van der Waals surface area contributed by atoms with E-state index >= 15 is 0 Å². The minimum absolute atomic E-state index is 0.611. The Labute approximate surface area is 71.3 Å². The molecule has 0 unspecified atom stereocenters. The Morgan fingerprint density at radius 2 is 2.00 bits per heavy atom. The van der Waals surface area contributed by atoms with Gasteiger partial charge in [0.15, 0.2) is 0 Å². The van der Waals surface area contributed by atoms with Crippen LogP contribution in [0, 0.1) is 0 Å². The molecular formula is C9H11NS. The van der Waals surface area contributed by atoms with Crippen LogP contribution in [0.25, 0.3) is 0 Å². The van der Waals surface area contributed by atoms with Crippen molar-refractivity contribution < 1.29 is 0 Å². The van der Waals surface area contributed by atoms with Crippen LogP contribution >= 0.6 is 11.8 Å². The number of thioether (sulfide) groups is 1. The summed E-state index contributed by atoms with van der Waals surface area (Å²) in [6.45, 7) is 0.611. The summed E-state index contributed by atoms with van der Waals surface area (Å²) in [5.41, 5.74) is 5.29. The van der Waals surface area contributed by atoms with E-state index in [9.17, 15) is 0 Å². The normalized spacial score (nSPS) is 10.6. The molecule has 0 amide bonds. The molecule has 0 saturated heterocycles. The van der Waals surface area contributed by atoms with Gasteiger partial charge < -0.3 is 5.73 Å². The molecule has 0 bridgehead atoms. The number of nitrogens with two attached hydrogens (primary N) is 1. The SMILES string of the molecule is NCC=CSc1ccccc1. The van der Waals surface area contributed by atoms with Crippen molar-refractivity contribution in [2.24, 2.45) is 5.73 Å². The third kappa shape index (κ3) is 3.25. The molecule has 0 heterocycles. The van der Waals surface area contributed by atoms with Crippen molar-refractivity contribution in [1.82, 2.24) is 0 Å². The largest absolute Gasteiger partial charge is 0.327 e. The highest BCUT2D eigenvalue weighted by Crippen LogP contribution is 2.17. The summed E-state index contributed by atoms with van der Waals surface area (Å²) in [7, 11) is 0. The number of hydrogen-bond donors (Lipinski definition) is 1. The Morgan fingerprint density at radius 1 is 1.27 bits per heavy atom. The van der Waals surface area contributed by atoms with Gasteiger partial charge in [-0.3, -0.25) is 0 Å². The van der Waals surface area contributed by atoms with Gasteiger partial charge in [-0.15, -0.1) is 0 Å². The van der Waals surface area contributed by atoms with E-state index in [1.165, 1.54) is 4.90 Å². The Hall–Kier alpha value is -0.730. The molecule has 58 valence electrons. The molecule has 0 aromatic heterocycles. The first-order chi connectivity index (χ1) is 5.43. The van der Waals surface area contributed by atoms with E-state index in [4.69, 9.17) is 5.73 Å². The summed E-state index contributed by atoms with van der Waals surface area (Å²) in [6.07, 6.45) is 1.94. The third-order valence-corrected chi connectivity index (χ3v) is 2.05. The lowest BCUT2D eigenvalue weighted by molar-refractivity contribution is 1.26. The van der Waals surface area contributed by atoms with Gasteiger partial charge in [0.25, 0.3) is 0 Å². The van der Waals surface area contributed by atoms with Gasteiger partial charge in [-0.1, -0.05) is 36.0 Å². The maximum absolute atomic E-state index is 5.29. The van der Waals surface area contributed by atoms with Crippen LogP contribution in [-0.2, 0) is 0 Å². The van der Waals surface area contributed by atoms with Gasteiger partial charge in [0.2, 0.25) is 0 Å². The highest BCUT2D eigenvalue weighted by molar-refractivity contribution is 8.02. The molecule has 0 atom stereocenters. The van der Waals surface area contributed by atoms with Crippen molar-refractivity contribution in [2.45, 2.75) is 4.90 Å². The Morgan fingerprint density at radius 3 is 2.64 bits per heavy atom. The molecule has 0 aliphatic heterocycles. The van der Waals surface area contributed by atoms with Gasteiger partial charge >= 0.3 is 0 Å². The average molecular weight is 165 g/mol. The van der Waals surface area contributed by atoms with E-state index in [0.29, 0.717) is 6.54 Å². The first-order valence-electron chi connectivity index (χ1n) is 3.50. The van der Waals surface area contributed by atoms with Crippen molar-refractivity contribution in [1.29, 1.82) is 0 Å². The van der Waals surface area contributed by atoms with E-state index in [-0.39, 0.29) is 0 Å². The molecule has 0 saturated carbocycles. The molecule has 0 aliphatic rings. The molecule has 1 aromatic rings. The van der Waals surface area contributed by atoms with Gasteiger partial charge in [0.1, 0.15) is 0 Å². The highest BCUT2D eigenvalue weighted by atomic mass is 32.2. The lowest BCUT2D eigenvalue weighted by Gasteiger charge is -1.92. The van der Waals surface area contributed by atoms with Gasteiger partial charge in [-0.05, 0) is 17.5 Å². The second kappa shape index (κ2) is 4.99. The van der Waals surface area contributed by atoms with E-state index in [1.54, 1.807) is 11.8 Å². The van der Waals surface area contributed by atoms with Crippen LogP contribution in [0.15, 0.2) is 46.7 Å². The molecule has 1 nitrogen and oxygen atoms in total. The zero-order valence-corrected chi connectivity index (χ0v) is 7.05. The van der Waals surface area contributed by atoms with Gasteiger partial charge in [0.05, 0.1) is 0 Å². The molecule has 11 heavy (non-hydrogen) atoms. The first kappa shape index (κ1) is 8.37. The summed E-state index contributed by atoms with van der Waals surface area (Å²) < 4.78 is 0. The van der Waals surface area contributed by atoms with Crippen LogP contribution in [0.5, 0.6) is 0 Å². The fraction of sp³-hybridized carbons (Fsp3) is 0.111. The lowest BCUT2D eigenvalue weighted by atomic mass is 10.4. The Balaban J connectivity index is 2.45. The van der Waals surface area contributed by atoms with E-state index in [2.05, 4.69) is 12.1 Å². The zero-order chi connectivity index (χ0) is 7.94. The van der Waals surface area contributed by atoms with Crippen LogP contribution in [-0.4, -0.2) is 6.54 Å². The fourth-order valence-corrected chi connectivity index (χ4v) is 1.36. The number of hydrogen-bond acceptors (Lipinski definition) is 2. The second-order valence-electron chi connectivity index (χ2n) is 2.04. The van der Waals surface area contributed by atoms with Gasteiger partial charge in [-0.25, -0.2) is 0 Å². The first-order valence-corrected chi connectivity index (χ1v) is 4.38. The summed E-state index contributed by atoms with van der Waals surface area (Å²) in [6, 6.07) is 10.2. The van der Waals surface area contributed by atoms with Gasteiger partial charge in [-0.2, -0.15) is 0 Å². The minimum Gasteiger partial charge on any atom is -0.327 e. The molecule has 0 spiro atoms. The van der Waals surface area contributed by atoms with Crippen LogP contribution in [0.1, 0.15) is 0 Å². The van der Waals surface area contributed by atoms with Crippen molar-refractivity contribution in [2.75, 3.05) is 6.54 Å². The topological polar surface area (TPSA) is 26.0 Å². The van der Waals surface area contributed by atoms with Crippen LogP contribution in [0.4, 0.5) is 0 Å². The lowest BCUT2D eigenvalue weighted by Crippen LogP contribution is -1.91. The van der Waals surface area contributed by atoms with Gasteiger partial charge in [0, 0.05) is 11.4 Å². The molecule has 0 aliphatic carbocycles. The van der Waals surface area contributed by atoms with E-state index in [1.807, 2.05) is 29.7 Å². The van der Waals surface area contributed by atoms with Crippen molar-refractivity contribution in [3.05, 3.63) is 41.8 Å². The summed E-state index contributed by atoms with van der Waals surface area (Å²) in [4.78, 5) is 1.25. The molecule has 0 radical (unpaired) electrons. The summed E-state index contributed by atoms with van der Waals surface area (Å²) >= 11 is 1.68. The monoisotopic (exact) mass is 165 g/mol. The van der Waals surface area contributed by atoms with E-state index in [0.717, 1.165) is 0 Å². The molecular weight excluding hydrogens is 154 g/mol. The maximum Gasteiger partial charge on any atom is 0.0116 e. The Kier molecular flexibility index (Phi) is 3.80. The highest BCUT2D eigenvalue weighted by Gasteiger charge is 1.84.